The average molecular weight is 570 g/mol. The van der Waals surface area contributed by atoms with E-state index in [0.29, 0.717) is 11.1 Å². The van der Waals surface area contributed by atoms with Crippen LogP contribution in [0.3, 0.4) is 0 Å². The number of aromatic nitrogens is 1. The highest BCUT2D eigenvalue weighted by atomic mass is 79.9. The van der Waals surface area contributed by atoms with Gasteiger partial charge in [-0.05, 0) is 76.2 Å². The maximum atomic E-state index is 13.9. The van der Waals surface area contributed by atoms with E-state index >= 15 is 0 Å². The van der Waals surface area contributed by atoms with Crippen LogP contribution < -0.4 is 19.6 Å². The van der Waals surface area contributed by atoms with Gasteiger partial charge < -0.3 is 4.74 Å². The van der Waals surface area contributed by atoms with E-state index in [0.717, 1.165) is 44.7 Å². The summed E-state index contributed by atoms with van der Waals surface area (Å²) < 4.78 is 9.06. The highest BCUT2D eigenvalue weighted by Gasteiger charge is 2.32. The first-order valence-corrected chi connectivity index (χ1v) is 13.9. The topological polar surface area (TPSA) is 43.6 Å². The number of benzene rings is 3. The molecule has 184 valence electrons. The molecule has 4 aromatic rings. The molecular formula is C31H25BrN2O2S. The molecule has 2 heterocycles. The Kier molecular flexibility index (Phi) is 6.31. The van der Waals surface area contributed by atoms with Gasteiger partial charge in [-0.2, -0.15) is 0 Å². The number of fused-ring (bicyclic) bond motifs is 3. The quantitative estimate of drug-likeness (QED) is 0.279. The first-order valence-electron chi connectivity index (χ1n) is 12.3. The Balaban J connectivity index is 1.53. The number of halogens is 1. The Morgan fingerprint density at radius 3 is 2.73 bits per heavy atom. The third-order valence-electron chi connectivity index (χ3n) is 6.88. The Morgan fingerprint density at radius 2 is 1.95 bits per heavy atom. The molecule has 1 aliphatic carbocycles. The third kappa shape index (κ3) is 4.34. The molecule has 0 bridgehead atoms. The van der Waals surface area contributed by atoms with Gasteiger partial charge in [-0.1, -0.05) is 84.2 Å². The predicted molar refractivity (Wildman–Crippen MR) is 154 cm³/mol. The molecule has 6 rings (SSSR count). The Hall–Kier alpha value is -3.48. The van der Waals surface area contributed by atoms with E-state index in [-0.39, 0.29) is 11.6 Å². The lowest BCUT2D eigenvalue weighted by Gasteiger charge is -2.30. The average Bonchev–Trinajstić information content (AvgIpc) is 3.22. The van der Waals surface area contributed by atoms with Crippen molar-refractivity contribution in [1.29, 1.82) is 0 Å². The number of nitrogens with zero attached hydrogens (tertiary/aromatic N) is 2. The van der Waals surface area contributed by atoms with Crippen molar-refractivity contribution in [1.82, 2.24) is 4.57 Å². The van der Waals surface area contributed by atoms with E-state index in [1.54, 1.807) is 6.08 Å². The van der Waals surface area contributed by atoms with Gasteiger partial charge in [-0.25, -0.2) is 4.99 Å². The van der Waals surface area contributed by atoms with Crippen LogP contribution in [-0.2, 0) is 6.42 Å². The fourth-order valence-corrected chi connectivity index (χ4v) is 6.61. The predicted octanol–water partition coefficient (Wildman–Crippen LogP) is 5.95. The molecule has 1 atom stereocenters. The van der Waals surface area contributed by atoms with Crippen LogP contribution in [0.25, 0.3) is 11.8 Å². The molecule has 1 aliphatic heterocycles. The van der Waals surface area contributed by atoms with Gasteiger partial charge in [-0.15, -0.1) is 0 Å². The summed E-state index contributed by atoms with van der Waals surface area (Å²) in [5.74, 6) is 0.740. The van der Waals surface area contributed by atoms with E-state index in [2.05, 4.69) is 78.0 Å². The van der Waals surface area contributed by atoms with Crippen LogP contribution in [0.4, 0.5) is 0 Å². The molecule has 1 unspecified atom stereocenters. The van der Waals surface area contributed by atoms with Gasteiger partial charge in [0, 0.05) is 5.56 Å². The molecule has 6 heteroatoms. The van der Waals surface area contributed by atoms with E-state index < -0.39 is 0 Å². The summed E-state index contributed by atoms with van der Waals surface area (Å²) in [6, 6.07) is 22.7. The van der Waals surface area contributed by atoms with Crippen molar-refractivity contribution in [3.05, 3.63) is 137 Å². The zero-order valence-corrected chi connectivity index (χ0v) is 22.8. The first-order chi connectivity index (χ1) is 18.0. The molecule has 0 N–H and O–H groups in total. The number of aryl methyl sites for hydroxylation is 2. The largest absolute Gasteiger partial charge is 0.488 e. The summed E-state index contributed by atoms with van der Waals surface area (Å²) in [7, 11) is 0. The van der Waals surface area contributed by atoms with Crippen molar-refractivity contribution in [2.75, 3.05) is 6.61 Å². The molecular weight excluding hydrogens is 544 g/mol. The van der Waals surface area contributed by atoms with Crippen LogP contribution in [0, 0.1) is 6.92 Å². The summed E-state index contributed by atoms with van der Waals surface area (Å²) in [6.45, 7) is 6.22. The zero-order valence-electron chi connectivity index (χ0n) is 20.4. The molecule has 0 radical (unpaired) electrons. The highest BCUT2D eigenvalue weighted by molar-refractivity contribution is 9.10. The van der Waals surface area contributed by atoms with E-state index in [1.165, 1.54) is 33.6 Å². The van der Waals surface area contributed by atoms with Gasteiger partial charge in [0.2, 0.25) is 0 Å². The Bertz CT molecular complexity index is 1750. The van der Waals surface area contributed by atoms with Crippen LogP contribution in [0.5, 0.6) is 5.75 Å². The Morgan fingerprint density at radius 1 is 1.14 bits per heavy atom. The summed E-state index contributed by atoms with van der Waals surface area (Å²) in [4.78, 5) is 19.7. The van der Waals surface area contributed by atoms with Gasteiger partial charge in [0.05, 0.1) is 20.7 Å². The fraction of sp³-hybridized carbons (Fsp3) is 0.161. The molecule has 0 saturated heterocycles. The lowest BCUT2D eigenvalue weighted by Crippen LogP contribution is -2.38. The minimum absolute atomic E-state index is 0.0113. The Labute approximate surface area is 227 Å². The second kappa shape index (κ2) is 9.77. The molecule has 0 amide bonds. The number of hydrogen-bond donors (Lipinski definition) is 0. The molecule has 4 nitrogen and oxygen atoms in total. The molecule has 0 spiro atoms. The summed E-state index contributed by atoms with van der Waals surface area (Å²) in [6.07, 6.45) is 5.49. The van der Waals surface area contributed by atoms with Gasteiger partial charge in [0.1, 0.15) is 12.4 Å². The zero-order chi connectivity index (χ0) is 25.5. The molecule has 1 aromatic heterocycles. The number of rotatable bonds is 5. The van der Waals surface area contributed by atoms with Crippen molar-refractivity contribution < 1.29 is 4.74 Å². The summed E-state index contributed by atoms with van der Waals surface area (Å²) in [5.41, 5.74) is 7.96. The van der Waals surface area contributed by atoms with Gasteiger partial charge in [0.25, 0.3) is 5.56 Å². The maximum absolute atomic E-state index is 13.9. The van der Waals surface area contributed by atoms with E-state index in [1.807, 2.05) is 28.8 Å². The second-order valence-electron chi connectivity index (χ2n) is 9.31. The monoisotopic (exact) mass is 568 g/mol. The van der Waals surface area contributed by atoms with Crippen LogP contribution in [0.15, 0.2) is 99.2 Å². The number of ether oxygens (including phenoxy) is 1. The molecule has 0 saturated carbocycles. The minimum Gasteiger partial charge on any atom is -0.488 e. The van der Waals surface area contributed by atoms with Crippen LogP contribution in [0.1, 0.15) is 40.3 Å². The summed E-state index contributed by atoms with van der Waals surface area (Å²) in [5, 5.41) is 0. The number of allylic oxidation sites excluding steroid dienone is 1. The van der Waals surface area contributed by atoms with Crippen molar-refractivity contribution in [3.63, 3.8) is 0 Å². The third-order valence-corrected chi connectivity index (χ3v) is 8.48. The van der Waals surface area contributed by atoms with Crippen molar-refractivity contribution >= 4 is 39.0 Å². The molecule has 37 heavy (non-hydrogen) atoms. The normalized spacial score (nSPS) is 16.5. The van der Waals surface area contributed by atoms with Crippen molar-refractivity contribution in [3.8, 4) is 5.75 Å². The van der Waals surface area contributed by atoms with E-state index in [4.69, 9.17) is 9.73 Å². The van der Waals surface area contributed by atoms with Gasteiger partial charge >= 0.3 is 0 Å². The number of hydrogen-bond acceptors (Lipinski definition) is 4. The maximum Gasteiger partial charge on any atom is 0.271 e. The smallest absolute Gasteiger partial charge is 0.271 e. The first kappa shape index (κ1) is 23.9. The van der Waals surface area contributed by atoms with Gasteiger partial charge in [0.15, 0.2) is 4.80 Å². The lowest BCUT2D eigenvalue weighted by atomic mass is 9.83. The molecule has 0 fully saturated rings. The SMILES string of the molecule is C=CCOc1ccc(C=c2sc3n(c2=O)C(c2ccc(C)cc2)C2=C(N=3)c3ccccc3CC2)cc1Br. The second-order valence-corrected chi connectivity index (χ2v) is 11.2. The van der Waals surface area contributed by atoms with E-state index in [9.17, 15) is 4.79 Å². The van der Waals surface area contributed by atoms with Crippen molar-refractivity contribution in [2.24, 2.45) is 4.99 Å². The molecule has 2 aliphatic rings. The van der Waals surface area contributed by atoms with Crippen LogP contribution in [-0.4, -0.2) is 11.2 Å². The standard InChI is InChI=1S/C31H25BrN2O2S/c1-3-16-36-26-15-10-20(17-25(26)32)18-27-30(35)34-29(22-11-8-19(2)9-12-22)24-14-13-21-6-4-5-7-23(21)28(24)33-31(34)37-27/h3-12,15,17-18,29H,1,13-14,16H2,2H3. The van der Waals surface area contributed by atoms with Crippen molar-refractivity contribution in [2.45, 2.75) is 25.8 Å². The van der Waals surface area contributed by atoms with Crippen LogP contribution >= 0.6 is 27.3 Å². The molecule has 3 aromatic carbocycles. The highest BCUT2D eigenvalue weighted by Crippen LogP contribution is 2.41. The minimum atomic E-state index is -0.163. The lowest BCUT2D eigenvalue weighted by molar-refractivity contribution is 0.361. The fourth-order valence-electron chi connectivity index (χ4n) is 5.10. The summed E-state index contributed by atoms with van der Waals surface area (Å²) >= 11 is 5.03. The van der Waals surface area contributed by atoms with Crippen LogP contribution in [0.2, 0.25) is 0 Å². The van der Waals surface area contributed by atoms with Gasteiger partial charge in [-0.3, -0.25) is 9.36 Å². The number of thiazole rings is 1.